The van der Waals surface area contributed by atoms with Crippen molar-refractivity contribution in [1.82, 2.24) is 0 Å². The lowest BCUT2D eigenvalue weighted by molar-refractivity contribution is -0.137. The first kappa shape index (κ1) is 11.4. The summed E-state index contributed by atoms with van der Waals surface area (Å²) in [5.74, 6) is -0.853. The van der Waals surface area contributed by atoms with Crippen molar-refractivity contribution in [2.75, 3.05) is 0 Å². The third-order valence-electron chi connectivity index (χ3n) is 2.76. The van der Waals surface area contributed by atoms with Crippen LogP contribution in [0.1, 0.15) is 20.8 Å². The van der Waals surface area contributed by atoms with Crippen molar-refractivity contribution in [3.8, 4) is 5.75 Å². The van der Waals surface area contributed by atoms with Crippen LogP contribution in [0.3, 0.4) is 0 Å². The molecular formula is C11H14O4S. The Morgan fingerprint density at radius 2 is 1.88 bits per heavy atom. The smallest absolute Gasteiger partial charge is 0.304 e. The SMILES string of the molecule is CC(C)C1(C)Oc2ccccc2S(=O)(=O)O1. The van der Waals surface area contributed by atoms with E-state index < -0.39 is 15.9 Å². The molecule has 1 aromatic rings. The van der Waals surface area contributed by atoms with Gasteiger partial charge in [0.05, 0.1) is 0 Å². The molecule has 1 aliphatic rings. The Morgan fingerprint density at radius 3 is 2.50 bits per heavy atom. The highest BCUT2D eigenvalue weighted by Gasteiger charge is 2.43. The van der Waals surface area contributed by atoms with Crippen LogP contribution in [0, 0.1) is 5.92 Å². The number of benzene rings is 1. The van der Waals surface area contributed by atoms with Crippen molar-refractivity contribution in [3.05, 3.63) is 24.3 Å². The molecule has 0 fully saturated rings. The number of hydrogen-bond donors (Lipinski definition) is 0. The van der Waals surface area contributed by atoms with E-state index in [1.165, 1.54) is 6.07 Å². The zero-order valence-corrected chi connectivity index (χ0v) is 10.2. The zero-order valence-electron chi connectivity index (χ0n) is 9.43. The molecule has 0 bridgehead atoms. The monoisotopic (exact) mass is 242 g/mol. The second kappa shape index (κ2) is 3.46. The van der Waals surface area contributed by atoms with Gasteiger partial charge in [0.1, 0.15) is 10.6 Å². The molecular weight excluding hydrogens is 228 g/mol. The minimum Gasteiger partial charge on any atom is -0.460 e. The van der Waals surface area contributed by atoms with Crippen LogP contribution < -0.4 is 4.74 Å². The molecule has 0 aliphatic carbocycles. The molecule has 0 saturated heterocycles. The highest BCUT2D eigenvalue weighted by Crippen LogP contribution is 2.39. The van der Waals surface area contributed by atoms with Gasteiger partial charge in [-0.15, -0.1) is 0 Å². The molecule has 2 rings (SSSR count). The lowest BCUT2D eigenvalue weighted by Gasteiger charge is -2.37. The van der Waals surface area contributed by atoms with Gasteiger partial charge in [-0.2, -0.15) is 8.42 Å². The molecule has 4 nitrogen and oxygen atoms in total. The van der Waals surface area contributed by atoms with E-state index >= 15 is 0 Å². The van der Waals surface area contributed by atoms with Crippen molar-refractivity contribution < 1.29 is 17.3 Å². The Bertz CT molecular complexity index is 506. The molecule has 0 aromatic heterocycles. The van der Waals surface area contributed by atoms with Gasteiger partial charge in [-0.3, -0.25) is 0 Å². The van der Waals surface area contributed by atoms with Crippen molar-refractivity contribution in [2.45, 2.75) is 31.5 Å². The van der Waals surface area contributed by atoms with Gasteiger partial charge in [-0.05, 0) is 12.1 Å². The van der Waals surface area contributed by atoms with Gasteiger partial charge in [0.25, 0.3) is 0 Å². The van der Waals surface area contributed by atoms with Crippen LogP contribution in [0.25, 0.3) is 0 Å². The van der Waals surface area contributed by atoms with Gasteiger partial charge in [0.15, 0.2) is 0 Å². The standard InChI is InChI=1S/C11H14O4S/c1-8(2)11(3)14-9-6-4-5-7-10(9)16(12,13)15-11/h4-8H,1-3H3. The fraction of sp³-hybridized carbons (Fsp3) is 0.455. The molecule has 88 valence electrons. The van der Waals surface area contributed by atoms with Crippen LogP contribution in [0.5, 0.6) is 5.75 Å². The average molecular weight is 242 g/mol. The van der Waals surface area contributed by atoms with Crippen LogP contribution in [-0.2, 0) is 14.3 Å². The van der Waals surface area contributed by atoms with E-state index in [0.717, 1.165) is 0 Å². The summed E-state index contributed by atoms with van der Waals surface area (Å²) < 4.78 is 34.5. The first-order valence-corrected chi connectivity index (χ1v) is 6.50. The predicted octanol–water partition coefficient (Wildman–Crippen LogP) is 2.16. The first-order valence-electron chi connectivity index (χ1n) is 5.09. The molecule has 16 heavy (non-hydrogen) atoms. The van der Waals surface area contributed by atoms with E-state index in [2.05, 4.69) is 0 Å². The number of para-hydroxylation sites is 1. The van der Waals surface area contributed by atoms with E-state index in [4.69, 9.17) is 8.92 Å². The molecule has 1 heterocycles. The summed E-state index contributed by atoms with van der Waals surface area (Å²) in [7, 11) is -3.72. The maximum Gasteiger partial charge on any atom is 0.304 e. The lowest BCUT2D eigenvalue weighted by Crippen LogP contribution is -2.45. The fourth-order valence-corrected chi connectivity index (χ4v) is 2.81. The molecule has 1 unspecified atom stereocenters. The second-order valence-corrected chi connectivity index (χ2v) is 5.77. The quantitative estimate of drug-likeness (QED) is 0.708. The van der Waals surface area contributed by atoms with Crippen LogP contribution in [0.2, 0.25) is 0 Å². The number of ether oxygens (including phenoxy) is 1. The van der Waals surface area contributed by atoms with E-state index in [1.54, 1.807) is 25.1 Å². The maximum atomic E-state index is 11.9. The van der Waals surface area contributed by atoms with Crippen LogP contribution in [0.4, 0.5) is 0 Å². The lowest BCUT2D eigenvalue weighted by atomic mass is 10.1. The van der Waals surface area contributed by atoms with E-state index in [-0.39, 0.29) is 10.8 Å². The molecule has 0 spiro atoms. The summed E-state index contributed by atoms with van der Waals surface area (Å²) in [6.45, 7) is 5.33. The first-order chi connectivity index (χ1) is 7.35. The predicted molar refractivity (Wildman–Crippen MR) is 58.6 cm³/mol. The third-order valence-corrected chi connectivity index (χ3v) is 4.18. The minimum absolute atomic E-state index is 0.0735. The average Bonchev–Trinajstić information content (AvgIpc) is 2.16. The topological polar surface area (TPSA) is 52.6 Å². The normalized spacial score (nSPS) is 27.2. The van der Waals surface area contributed by atoms with Gasteiger partial charge in [-0.1, -0.05) is 26.0 Å². The van der Waals surface area contributed by atoms with Crippen LogP contribution in [0.15, 0.2) is 29.2 Å². The molecule has 0 amide bonds. The Labute approximate surface area is 95.3 Å². The zero-order chi connectivity index (χ0) is 12.0. The highest BCUT2D eigenvalue weighted by atomic mass is 32.2. The maximum absolute atomic E-state index is 11.9. The molecule has 0 N–H and O–H groups in total. The molecule has 0 saturated carbocycles. The molecule has 0 radical (unpaired) electrons. The number of rotatable bonds is 1. The fourth-order valence-electron chi connectivity index (χ4n) is 1.45. The summed E-state index contributed by atoms with van der Waals surface area (Å²) in [5.41, 5.74) is 0. The Kier molecular flexibility index (Phi) is 2.47. The van der Waals surface area contributed by atoms with E-state index in [1.807, 2.05) is 13.8 Å². The van der Waals surface area contributed by atoms with Crippen molar-refractivity contribution >= 4 is 10.1 Å². The Morgan fingerprint density at radius 1 is 1.25 bits per heavy atom. The molecule has 1 atom stereocenters. The second-order valence-electron chi connectivity index (χ2n) is 4.26. The Hall–Kier alpha value is -1.07. The highest BCUT2D eigenvalue weighted by molar-refractivity contribution is 7.87. The molecule has 5 heteroatoms. The van der Waals surface area contributed by atoms with Gasteiger partial charge >= 0.3 is 10.1 Å². The van der Waals surface area contributed by atoms with Crippen molar-refractivity contribution in [2.24, 2.45) is 5.92 Å². The van der Waals surface area contributed by atoms with E-state index in [9.17, 15) is 8.42 Å². The summed E-state index contributed by atoms with van der Waals surface area (Å²) in [4.78, 5) is 0.0909. The van der Waals surface area contributed by atoms with E-state index in [0.29, 0.717) is 5.75 Å². The summed E-state index contributed by atoms with van der Waals surface area (Å²) in [6, 6.07) is 6.49. The third kappa shape index (κ3) is 1.70. The number of hydrogen-bond acceptors (Lipinski definition) is 4. The number of fused-ring (bicyclic) bond motifs is 1. The van der Waals surface area contributed by atoms with Gasteiger partial charge in [0, 0.05) is 12.8 Å². The largest absolute Gasteiger partial charge is 0.460 e. The Balaban J connectivity index is 2.57. The summed E-state index contributed by atoms with van der Waals surface area (Å²) in [6.07, 6.45) is 0. The van der Waals surface area contributed by atoms with Gasteiger partial charge in [-0.25, -0.2) is 4.18 Å². The van der Waals surface area contributed by atoms with Gasteiger partial charge < -0.3 is 4.74 Å². The van der Waals surface area contributed by atoms with Crippen LogP contribution >= 0.6 is 0 Å². The molecule has 1 aliphatic heterocycles. The minimum atomic E-state index is -3.72. The summed E-state index contributed by atoms with van der Waals surface area (Å²) >= 11 is 0. The van der Waals surface area contributed by atoms with Crippen molar-refractivity contribution in [1.29, 1.82) is 0 Å². The van der Waals surface area contributed by atoms with Crippen LogP contribution in [-0.4, -0.2) is 14.2 Å². The summed E-state index contributed by atoms with van der Waals surface area (Å²) in [5, 5.41) is 0. The van der Waals surface area contributed by atoms with Gasteiger partial charge in [0.2, 0.25) is 5.79 Å². The van der Waals surface area contributed by atoms with Crippen molar-refractivity contribution in [3.63, 3.8) is 0 Å². The molecule has 1 aromatic carbocycles.